The van der Waals surface area contributed by atoms with Gasteiger partial charge in [0.25, 0.3) is 0 Å². The van der Waals surface area contributed by atoms with Gasteiger partial charge in [-0.05, 0) is 67.4 Å². The molecule has 2 bridgehead atoms. The number of piperazine rings is 1. The summed E-state index contributed by atoms with van der Waals surface area (Å²) in [5.74, 6) is 2.36. The van der Waals surface area contributed by atoms with Crippen molar-refractivity contribution >= 4 is 27.5 Å². The molecule has 0 unspecified atom stereocenters. The van der Waals surface area contributed by atoms with Gasteiger partial charge in [-0.2, -0.15) is 15.2 Å². The molecule has 3 aromatic carbocycles. The van der Waals surface area contributed by atoms with E-state index in [0.29, 0.717) is 59.2 Å². The molecule has 4 fully saturated rings. The van der Waals surface area contributed by atoms with Crippen LogP contribution in [0.3, 0.4) is 0 Å². The van der Waals surface area contributed by atoms with Crippen molar-refractivity contribution in [1.29, 1.82) is 5.26 Å². The van der Waals surface area contributed by atoms with Gasteiger partial charge in [0.1, 0.15) is 29.9 Å². The third-order valence-electron chi connectivity index (χ3n) is 10.1. The first-order valence-corrected chi connectivity index (χ1v) is 15.6. The zero-order valence-electron chi connectivity index (χ0n) is 24.7. The molecule has 4 aliphatic heterocycles. The summed E-state index contributed by atoms with van der Waals surface area (Å²) in [7, 11) is 0. The number of ether oxygens (including phenoxy) is 1. The second kappa shape index (κ2) is 10.5. The molecule has 0 spiro atoms. The van der Waals surface area contributed by atoms with Crippen LogP contribution in [-0.2, 0) is 0 Å². The predicted molar refractivity (Wildman–Crippen MR) is 167 cm³/mol. The molecule has 8 nitrogen and oxygen atoms in total. The number of phenols is 1. The van der Waals surface area contributed by atoms with Crippen LogP contribution >= 0.6 is 0 Å². The van der Waals surface area contributed by atoms with E-state index in [1.54, 1.807) is 30.3 Å². The van der Waals surface area contributed by atoms with Crippen LogP contribution in [0.2, 0.25) is 0 Å². The number of hydrogen-bond donors (Lipinski definition) is 2. The van der Waals surface area contributed by atoms with E-state index >= 15 is 4.39 Å². The highest BCUT2D eigenvalue weighted by Gasteiger charge is 2.49. The van der Waals surface area contributed by atoms with E-state index in [2.05, 4.69) is 32.1 Å². The van der Waals surface area contributed by atoms with E-state index in [1.807, 2.05) is 0 Å². The average Bonchev–Trinajstić information content (AvgIpc) is 3.69. The van der Waals surface area contributed by atoms with Gasteiger partial charge in [-0.15, -0.1) is 6.42 Å². The third-order valence-corrected chi connectivity index (χ3v) is 10.1. The molecule has 4 saturated heterocycles. The summed E-state index contributed by atoms with van der Waals surface area (Å²) < 4.78 is 37.8. The molecule has 5 heterocycles. The van der Waals surface area contributed by atoms with Crippen molar-refractivity contribution in [3.63, 3.8) is 0 Å². The maximum atomic E-state index is 17.1. The first kappa shape index (κ1) is 28.0. The van der Waals surface area contributed by atoms with Gasteiger partial charge < -0.3 is 20.1 Å². The SMILES string of the molecule is C#Cc1cccc2cc(O)cc(-c3c(C#N)cc4c(N5C[C@H]6CC[C@@H](C5)N6)nc(OC[C@@]56CCCN5C[C@H](F)C6)nc4c3F)c12. The number of benzene rings is 3. The lowest BCUT2D eigenvalue weighted by Gasteiger charge is -2.34. The lowest BCUT2D eigenvalue weighted by Crippen LogP contribution is -2.51. The highest BCUT2D eigenvalue weighted by molar-refractivity contribution is 6.05. The fourth-order valence-electron chi connectivity index (χ4n) is 8.20. The maximum Gasteiger partial charge on any atom is 0.319 e. The summed E-state index contributed by atoms with van der Waals surface area (Å²) in [4.78, 5) is 13.7. The van der Waals surface area contributed by atoms with Crippen LogP contribution in [0.15, 0.2) is 36.4 Å². The van der Waals surface area contributed by atoms with E-state index in [9.17, 15) is 14.8 Å². The number of halogens is 2. The fraction of sp³-hybridized carbons (Fsp3) is 0.400. The first-order valence-electron chi connectivity index (χ1n) is 15.6. The largest absolute Gasteiger partial charge is 0.508 e. The second-order valence-corrected chi connectivity index (χ2v) is 12.9. The van der Waals surface area contributed by atoms with E-state index in [-0.39, 0.29) is 47.1 Å². The number of alkyl halides is 1. The summed E-state index contributed by atoms with van der Waals surface area (Å²) in [5, 5.41) is 26.2. The van der Waals surface area contributed by atoms with E-state index in [4.69, 9.17) is 16.1 Å². The van der Waals surface area contributed by atoms with Crippen molar-refractivity contribution in [2.45, 2.75) is 55.9 Å². The minimum atomic E-state index is -0.910. The summed E-state index contributed by atoms with van der Waals surface area (Å²) in [6.45, 7) is 2.78. The Labute approximate surface area is 259 Å². The van der Waals surface area contributed by atoms with Crippen molar-refractivity contribution < 1.29 is 18.6 Å². The fourth-order valence-corrected chi connectivity index (χ4v) is 8.20. The highest BCUT2D eigenvalue weighted by atomic mass is 19.1. The Bertz CT molecular complexity index is 1940. The van der Waals surface area contributed by atoms with Gasteiger partial charge in [-0.25, -0.2) is 8.78 Å². The van der Waals surface area contributed by atoms with Crippen molar-refractivity contribution in [3.8, 4) is 41.3 Å². The molecular formula is C35H32F2N6O2. The van der Waals surface area contributed by atoms with Crippen LogP contribution in [-0.4, -0.2) is 76.6 Å². The number of anilines is 1. The number of aromatic nitrogens is 2. The van der Waals surface area contributed by atoms with Gasteiger partial charge in [-0.3, -0.25) is 4.90 Å². The molecule has 0 saturated carbocycles. The minimum absolute atomic E-state index is 0.00112. The lowest BCUT2D eigenvalue weighted by molar-refractivity contribution is 0.107. The average molecular weight is 607 g/mol. The quantitative estimate of drug-likeness (QED) is 0.305. The van der Waals surface area contributed by atoms with Gasteiger partial charge in [0.15, 0.2) is 5.82 Å². The third kappa shape index (κ3) is 4.55. The Hall–Kier alpha value is -4.51. The van der Waals surface area contributed by atoms with E-state index in [0.717, 1.165) is 32.2 Å². The zero-order chi connectivity index (χ0) is 30.9. The molecule has 1 aromatic heterocycles. The summed E-state index contributed by atoms with van der Waals surface area (Å²) in [6, 6.07) is 12.7. The Balaban J connectivity index is 1.32. The number of phenolic OH excluding ortho intramolecular Hbond substituents is 1. The summed E-state index contributed by atoms with van der Waals surface area (Å²) in [5.41, 5.74) is 0.486. The van der Waals surface area contributed by atoms with E-state index < -0.39 is 17.5 Å². The molecule has 228 valence electrons. The van der Waals surface area contributed by atoms with Crippen LogP contribution in [0.1, 0.15) is 43.2 Å². The predicted octanol–water partition coefficient (Wildman–Crippen LogP) is 5.04. The Kier molecular flexibility index (Phi) is 6.56. The smallest absolute Gasteiger partial charge is 0.319 e. The second-order valence-electron chi connectivity index (χ2n) is 12.9. The Morgan fingerprint density at radius 1 is 1.13 bits per heavy atom. The number of terminal acetylenes is 1. The molecule has 0 radical (unpaired) electrons. The van der Waals surface area contributed by atoms with Crippen molar-refractivity contribution in [2.24, 2.45) is 0 Å². The van der Waals surface area contributed by atoms with Gasteiger partial charge in [0.05, 0.1) is 17.2 Å². The van der Waals surface area contributed by atoms with E-state index in [1.165, 1.54) is 6.07 Å². The molecule has 0 aliphatic carbocycles. The van der Waals surface area contributed by atoms with Gasteiger partial charge in [-0.1, -0.05) is 18.1 Å². The van der Waals surface area contributed by atoms with Crippen LogP contribution in [0, 0.1) is 29.5 Å². The highest BCUT2D eigenvalue weighted by Crippen LogP contribution is 2.43. The van der Waals surface area contributed by atoms with Crippen molar-refractivity contribution in [1.82, 2.24) is 20.2 Å². The summed E-state index contributed by atoms with van der Waals surface area (Å²) >= 11 is 0. The van der Waals surface area contributed by atoms with Crippen LogP contribution in [0.5, 0.6) is 11.8 Å². The van der Waals surface area contributed by atoms with Gasteiger partial charge >= 0.3 is 6.01 Å². The number of aromatic hydroxyl groups is 1. The molecule has 8 rings (SSSR count). The maximum absolute atomic E-state index is 17.1. The normalized spacial score (nSPS) is 25.9. The molecule has 4 aromatic rings. The Morgan fingerprint density at radius 3 is 2.73 bits per heavy atom. The van der Waals surface area contributed by atoms with Crippen LogP contribution in [0.25, 0.3) is 32.8 Å². The summed E-state index contributed by atoms with van der Waals surface area (Å²) in [6.07, 6.45) is 9.19. The minimum Gasteiger partial charge on any atom is -0.508 e. The zero-order valence-corrected chi connectivity index (χ0v) is 24.7. The van der Waals surface area contributed by atoms with Crippen molar-refractivity contribution in [2.75, 3.05) is 37.7 Å². The molecule has 2 N–H and O–H groups in total. The van der Waals surface area contributed by atoms with Gasteiger partial charge in [0, 0.05) is 60.0 Å². The molecule has 45 heavy (non-hydrogen) atoms. The number of hydrogen-bond acceptors (Lipinski definition) is 8. The Morgan fingerprint density at radius 2 is 1.96 bits per heavy atom. The monoisotopic (exact) mass is 606 g/mol. The number of fused-ring (bicyclic) bond motifs is 5. The molecule has 0 amide bonds. The molecule has 4 aliphatic rings. The molecule has 10 heteroatoms. The number of nitrogens with one attached hydrogen (secondary N) is 1. The van der Waals surface area contributed by atoms with Crippen molar-refractivity contribution in [3.05, 3.63) is 53.3 Å². The van der Waals surface area contributed by atoms with Crippen LogP contribution < -0.4 is 15.0 Å². The molecule has 4 atom stereocenters. The number of nitriles is 1. The first-order chi connectivity index (χ1) is 21.9. The topological polar surface area (TPSA) is 97.5 Å². The molecular weight excluding hydrogens is 574 g/mol. The van der Waals surface area contributed by atoms with Gasteiger partial charge in [0.2, 0.25) is 0 Å². The van der Waals surface area contributed by atoms with Crippen LogP contribution in [0.4, 0.5) is 14.6 Å². The lowest BCUT2D eigenvalue weighted by atomic mass is 9.90. The standard InChI is InChI=1S/C35H32F2N6O2/c1-2-20-5-3-6-21-11-26(44)13-27(29(20)21)30-22(15-38)12-28-32(31(30)37)40-34(41-33(28)42-17-24-7-8-25(18-42)39-24)45-19-35-9-4-10-43(35)16-23(36)14-35/h1,3,5-6,11-13,23-25,39,44H,4,7-10,14,16-19H2/t23-,24-,25+,35+/m1/s1. The number of nitrogens with zero attached hydrogens (tertiary/aromatic N) is 5. The number of rotatable bonds is 5.